The Labute approximate surface area is 292 Å². The van der Waals surface area contributed by atoms with Gasteiger partial charge in [-0.25, -0.2) is 4.98 Å². The van der Waals surface area contributed by atoms with Crippen molar-refractivity contribution in [2.24, 2.45) is 0 Å². The average molecular weight is 645 g/mol. The summed E-state index contributed by atoms with van der Waals surface area (Å²) in [7, 11) is 0. The van der Waals surface area contributed by atoms with E-state index in [1.807, 2.05) is 24.3 Å². The molecule has 240 valence electrons. The minimum Gasteiger partial charge on any atom is -0.436 e. The van der Waals surface area contributed by atoms with Crippen LogP contribution in [0.25, 0.3) is 83.4 Å². The molecule has 0 aliphatic heterocycles. The van der Waals surface area contributed by atoms with Crippen LogP contribution < -0.4 is 0 Å². The molecule has 0 unspecified atom stereocenters. The Morgan fingerprint density at radius 1 is 0.480 bits per heavy atom. The largest absolute Gasteiger partial charge is 0.436 e. The highest BCUT2D eigenvalue weighted by Gasteiger charge is 2.16. The predicted octanol–water partition coefficient (Wildman–Crippen LogP) is 12.7. The lowest BCUT2D eigenvalue weighted by molar-refractivity contribution is 0.620. The van der Waals surface area contributed by atoms with E-state index in [-0.39, 0.29) is 0 Å². The number of rotatable bonds is 7. The maximum absolute atomic E-state index is 6.04. The minimum atomic E-state index is 0.636. The Kier molecular flexibility index (Phi) is 7.39. The highest BCUT2D eigenvalue weighted by molar-refractivity contribution is 6.09. The molecular formula is C47H36N2O. The SMILES string of the molecule is CCc1ccc2c(c1)c1cc(CC)ccc1n2-c1ccc(-c2ccccc2-c2ccccc2-c2ccc(-c3nc4ccccc4o3)cc2)cc1. The number of oxazole rings is 1. The van der Waals surface area contributed by atoms with Gasteiger partial charge in [0.2, 0.25) is 5.89 Å². The standard InChI is InChI=1S/C47H36N2O/c1-3-31-17-27-44-41(29-31)42-30-32(4-2)18-28-45(42)49(44)36-25-23-34(24-26-36)38-12-6-8-14-40(38)39-13-7-5-11-37(39)33-19-21-35(22-20-33)47-48-43-15-9-10-16-46(43)50-47/h5-30H,3-4H2,1-2H3. The third-order valence-electron chi connectivity index (χ3n) is 10.0. The summed E-state index contributed by atoms with van der Waals surface area (Å²) in [5, 5.41) is 2.64. The highest BCUT2D eigenvalue weighted by Crippen LogP contribution is 2.40. The molecule has 9 rings (SSSR count). The van der Waals surface area contributed by atoms with Crippen molar-refractivity contribution in [1.82, 2.24) is 9.55 Å². The van der Waals surface area contributed by atoms with Gasteiger partial charge < -0.3 is 8.98 Å². The highest BCUT2D eigenvalue weighted by atomic mass is 16.3. The van der Waals surface area contributed by atoms with Crippen LogP contribution in [0, 0.1) is 0 Å². The predicted molar refractivity (Wildman–Crippen MR) is 209 cm³/mol. The fraction of sp³-hybridized carbons (Fsp3) is 0.0851. The molecule has 0 atom stereocenters. The van der Waals surface area contributed by atoms with Gasteiger partial charge in [-0.15, -0.1) is 0 Å². The molecule has 3 heteroatoms. The van der Waals surface area contributed by atoms with E-state index in [4.69, 9.17) is 9.40 Å². The van der Waals surface area contributed by atoms with Crippen LogP contribution in [0.4, 0.5) is 0 Å². The second-order valence-electron chi connectivity index (χ2n) is 12.9. The third kappa shape index (κ3) is 5.10. The van der Waals surface area contributed by atoms with Gasteiger partial charge in [-0.2, -0.15) is 0 Å². The first-order chi connectivity index (χ1) is 24.7. The number of aryl methyl sites for hydroxylation is 2. The van der Waals surface area contributed by atoms with E-state index in [0.29, 0.717) is 5.89 Å². The van der Waals surface area contributed by atoms with Crippen molar-refractivity contribution < 1.29 is 4.42 Å². The maximum atomic E-state index is 6.04. The van der Waals surface area contributed by atoms with E-state index < -0.39 is 0 Å². The number of benzene rings is 7. The molecule has 0 aliphatic rings. The van der Waals surface area contributed by atoms with Gasteiger partial charge in [-0.1, -0.05) is 111 Å². The lowest BCUT2D eigenvalue weighted by Crippen LogP contribution is -1.95. The van der Waals surface area contributed by atoms with Gasteiger partial charge in [0.1, 0.15) is 5.52 Å². The number of hydrogen-bond acceptors (Lipinski definition) is 2. The average Bonchev–Trinajstić information content (AvgIpc) is 3.77. The molecule has 0 spiro atoms. The molecule has 2 aromatic heterocycles. The summed E-state index contributed by atoms with van der Waals surface area (Å²) in [4.78, 5) is 4.69. The lowest BCUT2D eigenvalue weighted by atomic mass is 9.89. The van der Waals surface area contributed by atoms with Crippen LogP contribution >= 0.6 is 0 Å². The normalized spacial score (nSPS) is 11.6. The Morgan fingerprint density at radius 3 is 1.50 bits per heavy atom. The Morgan fingerprint density at radius 2 is 0.960 bits per heavy atom. The zero-order valence-corrected chi connectivity index (χ0v) is 28.2. The molecular weight excluding hydrogens is 609 g/mol. The van der Waals surface area contributed by atoms with Crippen molar-refractivity contribution >= 4 is 32.9 Å². The zero-order chi connectivity index (χ0) is 33.6. The summed E-state index contributed by atoms with van der Waals surface area (Å²) in [5.41, 5.74) is 16.1. The first-order valence-corrected chi connectivity index (χ1v) is 17.5. The number of fused-ring (bicyclic) bond motifs is 4. The van der Waals surface area contributed by atoms with Crippen molar-refractivity contribution in [1.29, 1.82) is 0 Å². The first kappa shape index (κ1) is 29.9. The third-order valence-corrected chi connectivity index (χ3v) is 10.0. The summed E-state index contributed by atoms with van der Waals surface area (Å²) < 4.78 is 8.45. The Hall–Kier alpha value is -6.19. The summed E-state index contributed by atoms with van der Waals surface area (Å²) in [6.45, 7) is 4.45. The molecule has 3 nitrogen and oxygen atoms in total. The van der Waals surface area contributed by atoms with Crippen LogP contribution in [0.15, 0.2) is 162 Å². The topological polar surface area (TPSA) is 31.0 Å². The molecule has 50 heavy (non-hydrogen) atoms. The van der Waals surface area contributed by atoms with E-state index in [1.165, 1.54) is 66.4 Å². The molecule has 0 fully saturated rings. The van der Waals surface area contributed by atoms with Crippen LogP contribution in [0.1, 0.15) is 25.0 Å². The number of aromatic nitrogens is 2. The smallest absolute Gasteiger partial charge is 0.227 e. The zero-order valence-electron chi connectivity index (χ0n) is 28.2. The number of para-hydroxylation sites is 2. The van der Waals surface area contributed by atoms with Crippen LogP contribution in [0.5, 0.6) is 0 Å². The minimum absolute atomic E-state index is 0.636. The van der Waals surface area contributed by atoms with Crippen molar-refractivity contribution in [3.63, 3.8) is 0 Å². The molecule has 0 radical (unpaired) electrons. The molecule has 2 heterocycles. The second-order valence-corrected chi connectivity index (χ2v) is 12.9. The second kappa shape index (κ2) is 12.4. The summed E-state index contributed by atoms with van der Waals surface area (Å²) in [6, 6.07) is 56.8. The summed E-state index contributed by atoms with van der Waals surface area (Å²) in [5.74, 6) is 0.636. The Bertz CT molecular complexity index is 2560. The van der Waals surface area contributed by atoms with Crippen molar-refractivity contribution in [2.45, 2.75) is 26.7 Å². The van der Waals surface area contributed by atoms with Crippen LogP contribution in [-0.2, 0) is 12.8 Å². The van der Waals surface area contributed by atoms with Crippen molar-refractivity contribution in [2.75, 3.05) is 0 Å². The molecule has 0 N–H and O–H groups in total. The van der Waals surface area contributed by atoms with Gasteiger partial charge in [0, 0.05) is 22.0 Å². The van der Waals surface area contributed by atoms with Crippen LogP contribution in [-0.4, -0.2) is 9.55 Å². The monoisotopic (exact) mass is 644 g/mol. The van der Waals surface area contributed by atoms with Gasteiger partial charge in [0.15, 0.2) is 5.58 Å². The summed E-state index contributed by atoms with van der Waals surface area (Å²) in [6.07, 6.45) is 2.05. The molecule has 7 aromatic carbocycles. The van der Waals surface area contributed by atoms with Crippen LogP contribution in [0.2, 0.25) is 0 Å². The van der Waals surface area contributed by atoms with E-state index in [0.717, 1.165) is 35.1 Å². The van der Waals surface area contributed by atoms with E-state index in [9.17, 15) is 0 Å². The van der Waals surface area contributed by atoms with Crippen molar-refractivity contribution in [3.8, 4) is 50.5 Å². The summed E-state index contributed by atoms with van der Waals surface area (Å²) >= 11 is 0. The molecule has 0 amide bonds. The number of nitrogens with zero attached hydrogens (tertiary/aromatic N) is 2. The van der Waals surface area contributed by atoms with Gasteiger partial charge in [0.25, 0.3) is 0 Å². The fourth-order valence-electron chi connectivity index (χ4n) is 7.35. The van der Waals surface area contributed by atoms with Crippen molar-refractivity contribution in [3.05, 3.63) is 169 Å². The Balaban J connectivity index is 1.09. The van der Waals surface area contributed by atoms with E-state index in [2.05, 4.69) is 152 Å². The quantitative estimate of drug-likeness (QED) is 0.173. The fourth-order valence-corrected chi connectivity index (χ4v) is 7.35. The van der Waals surface area contributed by atoms with Gasteiger partial charge in [-0.3, -0.25) is 0 Å². The van der Waals surface area contributed by atoms with E-state index >= 15 is 0 Å². The lowest BCUT2D eigenvalue weighted by Gasteiger charge is -2.16. The number of hydrogen-bond donors (Lipinski definition) is 0. The van der Waals surface area contributed by atoms with Crippen LogP contribution in [0.3, 0.4) is 0 Å². The molecule has 0 saturated carbocycles. The molecule has 0 saturated heterocycles. The van der Waals surface area contributed by atoms with E-state index in [1.54, 1.807) is 0 Å². The van der Waals surface area contributed by atoms with Gasteiger partial charge >= 0.3 is 0 Å². The molecule has 0 bridgehead atoms. The molecule has 9 aromatic rings. The molecule has 0 aliphatic carbocycles. The van der Waals surface area contributed by atoms with Gasteiger partial charge in [-0.05, 0) is 118 Å². The maximum Gasteiger partial charge on any atom is 0.227 e. The first-order valence-electron chi connectivity index (χ1n) is 17.5. The van der Waals surface area contributed by atoms with Gasteiger partial charge in [0.05, 0.1) is 11.0 Å².